The molecular weight excluding hydrogens is 369 g/mol. The Morgan fingerprint density at radius 3 is 1.71 bits per heavy atom. The monoisotopic (exact) mass is 382 g/mol. The van der Waals surface area contributed by atoms with Crippen molar-refractivity contribution in [3.05, 3.63) is 33.9 Å². The molecular formula is C11H13O2Tl. The van der Waals surface area contributed by atoms with E-state index in [0.29, 0.717) is 5.56 Å². The van der Waals surface area contributed by atoms with Crippen molar-refractivity contribution in [1.82, 2.24) is 0 Å². The summed E-state index contributed by atoms with van der Waals surface area (Å²) in [5.74, 6) is -1.08. The zero-order chi connectivity index (χ0) is 10.2. The van der Waals surface area contributed by atoms with Gasteiger partial charge in [0.15, 0.2) is 0 Å². The summed E-state index contributed by atoms with van der Waals surface area (Å²) in [6, 6.07) is 2.00. The summed E-state index contributed by atoms with van der Waals surface area (Å²) in [5.41, 5.74) is 3.97. The van der Waals surface area contributed by atoms with Crippen LogP contribution in [0.3, 0.4) is 0 Å². The van der Waals surface area contributed by atoms with Crippen molar-refractivity contribution in [2.75, 3.05) is 0 Å². The first kappa shape index (κ1) is 13.6. The van der Waals surface area contributed by atoms with Crippen molar-refractivity contribution in [3.63, 3.8) is 0 Å². The molecule has 0 aliphatic carbocycles. The standard InChI is InChI=1S/C11H14O2.Tl/c1-6-5-7(2)9(4)10(8(6)3)11(12)13;/h5H,1-4H3,(H,12,13);/q;+1/p-1. The molecule has 0 spiro atoms. The van der Waals surface area contributed by atoms with E-state index in [1.54, 1.807) is 0 Å². The molecule has 0 N–H and O–H groups in total. The van der Waals surface area contributed by atoms with Crippen LogP contribution in [-0.4, -0.2) is 33.3 Å². The third kappa shape index (κ3) is 2.35. The number of benzene rings is 1. The predicted octanol–water partition coefficient (Wildman–Crippen LogP) is 0.903. The van der Waals surface area contributed by atoms with Crippen LogP contribution in [0.25, 0.3) is 0 Å². The first-order valence-corrected chi connectivity index (χ1v) is 4.24. The summed E-state index contributed by atoms with van der Waals surface area (Å²) in [4.78, 5) is 10.8. The van der Waals surface area contributed by atoms with Crippen molar-refractivity contribution in [2.45, 2.75) is 27.7 Å². The molecule has 0 saturated carbocycles. The molecule has 1 aromatic rings. The van der Waals surface area contributed by atoms with Crippen LogP contribution >= 0.6 is 0 Å². The maximum Gasteiger partial charge on any atom is 1.00 e. The van der Waals surface area contributed by atoms with Gasteiger partial charge in [0.05, 0.1) is 5.97 Å². The van der Waals surface area contributed by atoms with Gasteiger partial charge in [0.2, 0.25) is 0 Å². The van der Waals surface area contributed by atoms with E-state index in [2.05, 4.69) is 0 Å². The second kappa shape index (κ2) is 4.91. The largest absolute Gasteiger partial charge is 1.00 e. The second-order valence-electron chi connectivity index (χ2n) is 3.42. The van der Waals surface area contributed by atoms with Crippen molar-refractivity contribution in [1.29, 1.82) is 0 Å². The number of carboxylic acids is 1. The summed E-state index contributed by atoms with van der Waals surface area (Å²) < 4.78 is 0. The Bertz CT molecular complexity index is 344. The Kier molecular flexibility index (Phi) is 4.77. The summed E-state index contributed by atoms with van der Waals surface area (Å²) in [7, 11) is 0. The van der Waals surface area contributed by atoms with Gasteiger partial charge in [-0.25, -0.2) is 0 Å². The zero-order valence-electron chi connectivity index (χ0n) is 8.97. The molecule has 3 heteroatoms. The van der Waals surface area contributed by atoms with Gasteiger partial charge in [-0.2, -0.15) is 0 Å². The van der Waals surface area contributed by atoms with Crippen LogP contribution in [0.4, 0.5) is 0 Å². The van der Waals surface area contributed by atoms with Crippen LogP contribution < -0.4 is 5.11 Å². The van der Waals surface area contributed by atoms with Crippen LogP contribution in [0.1, 0.15) is 32.6 Å². The molecule has 0 atom stereocenters. The van der Waals surface area contributed by atoms with Gasteiger partial charge < -0.3 is 9.90 Å². The van der Waals surface area contributed by atoms with Crippen LogP contribution in [0, 0.1) is 27.7 Å². The maximum absolute atomic E-state index is 10.8. The number of aromatic carboxylic acids is 1. The fourth-order valence-corrected chi connectivity index (χ4v) is 1.52. The molecule has 14 heavy (non-hydrogen) atoms. The molecule has 2 nitrogen and oxygen atoms in total. The third-order valence-electron chi connectivity index (χ3n) is 2.57. The molecule has 0 unspecified atom stereocenters. The second-order valence-corrected chi connectivity index (χ2v) is 3.42. The van der Waals surface area contributed by atoms with Gasteiger partial charge >= 0.3 is 27.3 Å². The van der Waals surface area contributed by atoms with Crippen molar-refractivity contribution in [2.24, 2.45) is 0 Å². The summed E-state index contributed by atoms with van der Waals surface area (Å²) in [6.07, 6.45) is 0. The van der Waals surface area contributed by atoms with Gasteiger partial charge in [0.25, 0.3) is 0 Å². The minimum Gasteiger partial charge on any atom is -0.545 e. The predicted molar refractivity (Wildman–Crippen MR) is 55.5 cm³/mol. The Hall–Kier alpha value is -0.388. The summed E-state index contributed by atoms with van der Waals surface area (Å²) >= 11 is 0. The number of carboxylic acid groups (broad SMARTS) is 1. The van der Waals surface area contributed by atoms with Gasteiger partial charge in [-0.3, -0.25) is 0 Å². The Morgan fingerprint density at radius 1 is 1.07 bits per heavy atom. The fraction of sp³-hybridized carbons (Fsp3) is 0.364. The van der Waals surface area contributed by atoms with E-state index in [4.69, 9.17) is 0 Å². The average Bonchev–Trinajstić information content (AvgIpc) is 2.01. The first-order chi connectivity index (χ1) is 5.95. The van der Waals surface area contributed by atoms with E-state index in [1.165, 1.54) is 0 Å². The van der Waals surface area contributed by atoms with Crippen molar-refractivity contribution < 1.29 is 9.90 Å². The maximum atomic E-state index is 10.8. The molecule has 0 aliphatic heterocycles. The van der Waals surface area contributed by atoms with E-state index in [1.807, 2.05) is 33.8 Å². The van der Waals surface area contributed by atoms with Crippen LogP contribution in [0.2, 0.25) is 0 Å². The normalized spacial score (nSPS) is 9.43. The molecule has 0 heterocycles. The number of carbonyl (C=O) groups is 1. The van der Waals surface area contributed by atoms with Crippen LogP contribution in [-0.2, 0) is 0 Å². The number of hydrogen-bond acceptors (Lipinski definition) is 2. The number of rotatable bonds is 1. The van der Waals surface area contributed by atoms with Gasteiger partial charge in [0, 0.05) is 5.56 Å². The van der Waals surface area contributed by atoms with Crippen LogP contribution in [0.15, 0.2) is 6.07 Å². The number of aryl methyl sites for hydroxylation is 2. The van der Waals surface area contributed by atoms with Gasteiger partial charge in [-0.1, -0.05) is 6.07 Å². The SMILES string of the molecule is Cc1cc(C)c(C)c(C(=O)[O-])c1C.[Tl+]. The van der Waals surface area contributed by atoms with Crippen molar-refractivity contribution >= 4 is 33.3 Å². The van der Waals surface area contributed by atoms with Gasteiger partial charge in [-0.05, 0) is 49.9 Å². The molecule has 1 aromatic carbocycles. The number of carbonyl (C=O) groups excluding carboxylic acids is 1. The molecule has 0 amide bonds. The molecule has 0 aromatic heterocycles. The topological polar surface area (TPSA) is 40.1 Å². The van der Waals surface area contributed by atoms with Crippen molar-refractivity contribution in [3.8, 4) is 0 Å². The zero-order valence-corrected chi connectivity index (χ0v) is 13.5. The molecule has 0 saturated heterocycles. The smallest absolute Gasteiger partial charge is 0.545 e. The molecule has 72 valence electrons. The molecule has 1 rings (SSSR count). The summed E-state index contributed by atoms with van der Waals surface area (Å²) in [6.45, 7) is 7.45. The van der Waals surface area contributed by atoms with Crippen LogP contribution in [0.5, 0.6) is 0 Å². The average molecular weight is 382 g/mol. The fourth-order valence-electron chi connectivity index (χ4n) is 1.52. The number of hydrogen-bond donors (Lipinski definition) is 0. The minimum absolute atomic E-state index is 0. The minimum atomic E-state index is -1.08. The molecule has 0 fully saturated rings. The Labute approximate surface area is 104 Å². The first-order valence-electron chi connectivity index (χ1n) is 4.24. The van der Waals surface area contributed by atoms with E-state index in [9.17, 15) is 9.90 Å². The van der Waals surface area contributed by atoms with E-state index < -0.39 is 5.97 Å². The van der Waals surface area contributed by atoms with E-state index in [0.717, 1.165) is 22.3 Å². The quantitative estimate of drug-likeness (QED) is 0.678. The van der Waals surface area contributed by atoms with Gasteiger partial charge in [0.1, 0.15) is 0 Å². The summed E-state index contributed by atoms with van der Waals surface area (Å²) in [5, 5.41) is 10.8. The molecule has 0 aliphatic rings. The Morgan fingerprint density at radius 2 is 1.43 bits per heavy atom. The van der Waals surface area contributed by atoms with E-state index >= 15 is 0 Å². The van der Waals surface area contributed by atoms with Gasteiger partial charge in [-0.15, -0.1) is 0 Å². The molecule has 0 radical (unpaired) electrons. The third-order valence-corrected chi connectivity index (χ3v) is 2.57. The Balaban J connectivity index is 0.00000169. The van der Waals surface area contributed by atoms with E-state index in [-0.39, 0.29) is 27.3 Å². The molecule has 0 bridgehead atoms.